The normalized spacial score (nSPS) is 16.2. The molecule has 2 aromatic rings. The summed E-state index contributed by atoms with van der Waals surface area (Å²) in [5, 5.41) is 2.61. The van der Waals surface area contributed by atoms with Crippen LogP contribution in [-0.2, 0) is 11.0 Å². The third-order valence-electron chi connectivity index (χ3n) is 5.20. The van der Waals surface area contributed by atoms with Gasteiger partial charge in [0, 0.05) is 31.9 Å². The van der Waals surface area contributed by atoms with E-state index in [0.29, 0.717) is 19.7 Å². The molecule has 1 fully saturated rings. The standard InChI is InChI=1S/C22H26F3N3O2/c1-3-30-20-10-5-4-9-19(20)28-13-11-27(12-14-28)16(2)21(29)26-18-8-6-7-17(15-18)22(23,24)25/h4-10,15-16H,3,11-14H2,1-2H3,(H,26,29)/t16-/m0/s1. The highest BCUT2D eigenvalue weighted by Gasteiger charge is 2.31. The first kappa shape index (κ1) is 22.0. The number of piperazine rings is 1. The first-order valence-electron chi connectivity index (χ1n) is 9.98. The predicted octanol–water partition coefficient (Wildman–Crippen LogP) is 4.25. The van der Waals surface area contributed by atoms with Gasteiger partial charge in [0.05, 0.1) is 23.9 Å². The molecule has 0 aromatic heterocycles. The van der Waals surface area contributed by atoms with Crippen LogP contribution < -0.4 is 15.0 Å². The van der Waals surface area contributed by atoms with Crippen LogP contribution in [0.3, 0.4) is 0 Å². The van der Waals surface area contributed by atoms with Gasteiger partial charge in [-0.05, 0) is 44.2 Å². The lowest BCUT2D eigenvalue weighted by Crippen LogP contribution is -2.52. The maximum absolute atomic E-state index is 12.9. The fourth-order valence-corrected chi connectivity index (χ4v) is 3.53. The van der Waals surface area contributed by atoms with Crippen molar-refractivity contribution in [3.63, 3.8) is 0 Å². The van der Waals surface area contributed by atoms with Gasteiger partial charge in [0.1, 0.15) is 5.75 Å². The van der Waals surface area contributed by atoms with Crippen LogP contribution in [0.1, 0.15) is 19.4 Å². The third kappa shape index (κ3) is 5.24. The van der Waals surface area contributed by atoms with Crippen molar-refractivity contribution in [1.82, 2.24) is 4.90 Å². The SMILES string of the molecule is CCOc1ccccc1N1CCN([C@@H](C)C(=O)Nc2cccc(C(F)(F)F)c2)CC1. The highest BCUT2D eigenvalue weighted by molar-refractivity contribution is 5.94. The van der Waals surface area contributed by atoms with Crippen molar-refractivity contribution in [2.45, 2.75) is 26.1 Å². The summed E-state index contributed by atoms with van der Waals surface area (Å²) in [7, 11) is 0. The molecule has 1 amide bonds. The number of anilines is 2. The lowest BCUT2D eigenvalue weighted by Gasteiger charge is -2.39. The van der Waals surface area contributed by atoms with Gasteiger partial charge < -0.3 is 15.0 Å². The lowest BCUT2D eigenvalue weighted by molar-refractivity contribution is -0.137. The fourth-order valence-electron chi connectivity index (χ4n) is 3.53. The molecule has 1 aliphatic heterocycles. The summed E-state index contributed by atoms with van der Waals surface area (Å²) < 4.78 is 44.3. The van der Waals surface area contributed by atoms with E-state index in [1.807, 2.05) is 36.1 Å². The molecule has 30 heavy (non-hydrogen) atoms. The van der Waals surface area contributed by atoms with Crippen LogP contribution in [0.4, 0.5) is 24.5 Å². The van der Waals surface area contributed by atoms with Gasteiger partial charge in [-0.1, -0.05) is 18.2 Å². The quantitative estimate of drug-likeness (QED) is 0.757. The van der Waals surface area contributed by atoms with E-state index in [1.54, 1.807) is 6.92 Å². The van der Waals surface area contributed by atoms with E-state index >= 15 is 0 Å². The number of para-hydroxylation sites is 2. The number of carbonyl (C=O) groups excluding carboxylic acids is 1. The molecule has 0 spiro atoms. The number of amides is 1. The maximum Gasteiger partial charge on any atom is 0.416 e. The summed E-state index contributed by atoms with van der Waals surface area (Å²) >= 11 is 0. The van der Waals surface area contributed by atoms with E-state index in [4.69, 9.17) is 4.74 Å². The molecule has 0 aliphatic carbocycles. The Hall–Kier alpha value is -2.74. The summed E-state index contributed by atoms with van der Waals surface area (Å²) in [4.78, 5) is 16.8. The number of rotatable bonds is 6. The molecule has 8 heteroatoms. The molecule has 5 nitrogen and oxygen atoms in total. The van der Waals surface area contributed by atoms with Crippen LogP contribution in [0.25, 0.3) is 0 Å². The van der Waals surface area contributed by atoms with E-state index in [-0.39, 0.29) is 11.6 Å². The first-order valence-corrected chi connectivity index (χ1v) is 9.98. The Morgan fingerprint density at radius 2 is 1.80 bits per heavy atom. The molecule has 1 N–H and O–H groups in total. The predicted molar refractivity (Wildman–Crippen MR) is 111 cm³/mol. The summed E-state index contributed by atoms with van der Waals surface area (Å²) in [6.07, 6.45) is -4.44. The molecule has 1 atom stereocenters. The van der Waals surface area contributed by atoms with Crippen LogP contribution in [0.15, 0.2) is 48.5 Å². The summed E-state index contributed by atoms with van der Waals surface area (Å²) in [6.45, 7) is 7.09. The van der Waals surface area contributed by atoms with Gasteiger partial charge in [0.25, 0.3) is 0 Å². The molecular formula is C22H26F3N3O2. The molecule has 0 saturated carbocycles. The van der Waals surface area contributed by atoms with Crippen molar-refractivity contribution in [2.75, 3.05) is 43.0 Å². The fraction of sp³-hybridized carbons (Fsp3) is 0.409. The van der Waals surface area contributed by atoms with Crippen molar-refractivity contribution in [1.29, 1.82) is 0 Å². The number of halogens is 3. The molecule has 3 rings (SSSR count). The molecule has 0 bridgehead atoms. The molecule has 1 aliphatic rings. The van der Waals surface area contributed by atoms with E-state index in [2.05, 4.69) is 10.2 Å². The maximum atomic E-state index is 12.9. The molecule has 1 saturated heterocycles. The van der Waals surface area contributed by atoms with Crippen molar-refractivity contribution < 1.29 is 22.7 Å². The average Bonchev–Trinajstić information content (AvgIpc) is 2.73. The van der Waals surface area contributed by atoms with Crippen LogP contribution in [0.2, 0.25) is 0 Å². The van der Waals surface area contributed by atoms with E-state index in [9.17, 15) is 18.0 Å². The Labute approximate surface area is 174 Å². The molecule has 0 radical (unpaired) electrons. The number of benzene rings is 2. The highest BCUT2D eigenvalue weighted by Crippen LogP contribution is 2.31. The summed E-state index contributed by atoms with van der Waals surface area (Å²) in [6, 6.07) is 12.1. The largest absolute Gasteiger partial charge is 0.492 e. The second kappa shape index (κ2) is 9.38. The number of carbonyl (C=O) groups is 1. The monoisotopic (exact) mass is 421 g/mol. The topological polar surface area (TPSA) is 44.8 Å². The zero-order valence-electron chi connectivity index (χ0n) is 17.1. The number of nitrogens with zero attached hydrogens (tertiary/aromatic N) is 2. The minimum absolute atomic E-state index is 0.144. The van der Waals surface area contributed by atoms with Crippen LogP contribution in [0.5, 0.6) is 5.75 Å². The Bertz CT molecular complexity index is 865. The molecule has 0 unspecified atom stereocenters. The second-order valence-corrected chi connectivity index (χ2v) is 7.17. The lowest BCUT2D eigenvalue weighted by atomic mass is 10.1. The van der Waals surface area contributed by atoms with E-state index < -0.39 is 17.8 Å². The van der Waals surface area contributed by atoms with Crippen molar-refractivity contribution >= 4 is 17.3 Å². The Balaban J connectivity index is 1.59. The number of hydrogen-bond donors (Lipinski definition) is 1. The summed E-state index contributed by atoms with van der Waals surface area (Å²) in [5.41, 5.74) is 0.389. The molecular weight excluding hydrogens is 395 g/mol. The highest BCUT2D eigenvalue weighted by atomic mass is 19.4. The zero-order valence-corrected chi connectivity index (χ0v) is 17.1. The molecule has 2 aromatic carbocycles. The Kier molecular flexibility index (Phi) is 6.87. The zero-order chi connectivity index (χ0) is 21.7. The van der Waals surface area contributed by atoms with Gasteiger partial charge >= 0.3 is 6.18 Å². The van der Waals surface area contributed by atoms with Crippen LogP contribution in [-0.4, -0.2) is 49.6 Å². The van der Waals surface area contributed by atoms with Crippen LogP contribution in [0, 0.1) is 0 Å². The summed E-state index contributed by atoms with van der Waals surface area (Å²) in [5.74, 6) is 0.515. The molecule has 1 heterocycles. The minimum Gasteiger partial charge on any atom is -0.492 e. The van der Waals surface area contributed by atoms with Gasteiger partial charge in [-0.25, -0.2) is 0 Å². The van der Waals surface area contributed by atoms with Crippen molar-refractivity contribution in [3.8, 4) is 5.75 Å². The van der Waals surface area contributed by atoms with Crippen molar-refractivity contribution in [2.24, 2.45) is 0 Å². The van der Waals surface area contributed by atoms with Gasteiger partial charge in [-0.3, -0.25) is 9.69 Å². The third-order valence-corrected chi connectivity index (χ3v) is 5.20. The van der Waals surface area contributed by atoms with E-state index in [1.165, 1.54) is 12.1 Å². The van der Waals surface area contributed by atoms with E-state index in [0.717, 1.165) is 36.7 Å². The van der Waals surface area contributed by atoms with Crippen molar-refractivity contribution in [3.05, 3.63) is 54.1 Å². The van der Waals surface area contributed by atoms with Gasteiger partial charge in [-0.2, -0.15) is 13.2 Å². The number of hydrogen-bond acceptors (Lipinski definition) is 4. The Morgan fingerprint density at radius 3 is 2.47 bits per heavy atom. The minimum atomic E-state index is -4.44. The Morgan fingerprint density at radius 1 is 1.10 bits per heavy atom. The van der Waals surface area contributed by atoms with Gasteiger partial charge in [0.15, 0.2) is 0 Å². The smallest absolute Gasteiger partial charge is 0.416 e. The second-order valence-electron chi connectivity index (χ2n) is 7.17. The average molecular weight is 421 g/mol. The molecule has 162 valence electrons. The van der Waals surface area contributed by atoms with Crippen LogP contribution >= 0.6 is 0 Å². The number of nitrogens with one attached hydrogen (secondary N) is 1. The number of ether oxygens (including phenoxy) is 1. The number of alkyl halides is 3. The van der Waals surface area contributed by atoms with Gasteiger partial charge in [0.2, 0.25) is 5.91 Å². The van der Waals surface area contributed by atoms with Gasteiger partial charge in [-0.15, -0.1) is 0 Å². The first-order chi connectivity index (χ1) is 14.3.